The normalized spacial score (nSPS) is 12.6. The number of hydrogen-bond acceptors (Lipinski definition) is 3. The van der Waals surface area contributed by atoms with E-state index in [1.807, 2.05) is 6.07 Å². The van der Waals surface area contributed by atoms with Gasteiger partial charge in [-0.1, -0.05) is 12.1 Å². The topological polar surface area (TPSA) is 63.3 Å². The van der Waals surface area contributed by atoms with Gasteiger partial charge >= 0.3 is 0 Å². The molecule has 0 fully saturated rings. The van der Waals surface area contributed by atoms with Crippen molar-refractivity contribution in [2.75, 3.05) is 0 Å². The molecule has 3 N–H and O–H groups in total. The second-order valence-corrected chi connectivity index (χ2v) is 3.36. The van der Waals surface area contributed by atoms with Crippen LogP contribution in [0.5, 0.6) is 0 Å². The van der Waals surface area contributed by atoms with Gasteiger partial charge in [-0.3, -0.25) is 4.79 Å². The smallest absolute Gasteiger partial charge is 0.160 e. The Hall–Kier alpha value is -1.19. The van der Waals surface area contributed by atoms with Gasteiger partial charge in [0, 0.05) is 12.1 Å². The summed E-state index contributed by atoms with van der Waals surface area (Å²) in [5.41, 5.74) is 7.59. The molecule has 1 aromatic rings. The predicted octanol–water partition coefficient (Wildman–Crippen LogP) is 1.40. The summed E-state index contributed by atoms with van der Waals surface area (Å²) in [6.45, 7) is 3.53. The van der Waals surface area contributed by atoms with Crippen molar-refractivity contribution in [3.63, 3.8) is 0 Å². The van der Waals surface area contributed by atoms with E-state index >= 15 is 0 Å². The van der Waals surface area contributed by atoms with Crippen LogP contribution in [0, 0.1) is 0 Å². The van der Waals surface area contributed by atoms with Crippen LogP contribution in [-0.2, 0) is 6.54 Å². The molecule has 1 aromatic carbocycles. The lowest BCUT2D eigenvalue weighted by atomic mass is 9.98. The van der Waals surface area contributed by atoms with Crippen molar-refractivity contribution in [1.29, 1.82) is 0 Å². The first-order chi connectivity index (χ1) is 6.56. The molecule has 0 radical (unpaired) electrons. The lowest BCUT2D eigenvalue weighted by Gasteiger charge is -2.10. The minimum absolute atomic E-state index is 0.0452. The molecule has 0 amide bonds. The van der Waals surface area contributed by atoms with Crippen LogP contribution in [0.4, 0.5) is 0 Å². The zero-order valence-corrected chi connectivity index (χ0v) is 8.45. The second kappa shape index (κ2) is 4.35. The maximum atomic E-state index is 11.3. The molecule has 0 saturated carbocycles. The standard InChI is InChI=1S/C11H15NO2/c1-7(13)10-4-3-9(6-12)5-11(10)8(2)14/h3-5,7,13H,6,12H2,1-2H3. The molecule has 0 aliphatic carbocycles. The first-order valence-corrected chi connectivity index (χ1v) is 4.58. The Labute approximate surface area is 83.6 Å². The van der Waals surface area contributed by atoms with Crippen LogP contribution < -0.4 is 5.73 Å². The third-order valence-electron chi connectivity index (χ3n) is 2.18. The molecule has 14 heavy (non-hydrogen) atoms. The van der Waals surface area contributed by atoms with Crippen LogP contribution in [-0.4, -0.2) is 10.9 Å². The first-order valence-electron chi connectivity index (χ1n) is 4.58. The van der Waals surface area contributed by atoms with Gasteiger partial charge in [0.15, 0.2) is 5.78 Å². The fourth-order valence-electron chi connectivity index (χ4n) is 1.40. The summed E-state index contributed by atoms with van der Waals surface area (Å²) >= 11 is 0. The van der Waals surface area contributed by atoms with Crippen LogP contribution >= 0.6 is 0 Å². The van der Waals surface area contributed by atoms with Crippen LogP contribution in [0.25, 0.3) is 0 Å². The Morgan fingerprint density at radius 2 is 2.21 bits per heavy atom. The number of hydrogen-bond donors (Lipinski definition) is 2. The van der Waals surface area contributed by atoms with Crippen molar-refractivity contribution >= 4 is 5.78 Å². The highest BCUT2D eigenvalue weighted by atomic mass is 16.3. The molecule has 0 bridgehead atoms. The predicted molar refractivity (Wildman–Crippen MR) is 55.0 cm³/mol. The zero-order chi connectivity index (χ0) is 10.7. The molecule has 3 nitrogen and oxygen atoms in total. The van der Waals surface area contributed by atoms with Crippen molar-refractivity contribution in [2.45, 2.75) is 26.5 Å². The van der Waals surface area contributed by atoms with Crippen LogP contribution in [0.1, 0.15) is 41.4 Å². The van der Waals surface area contributed by atoms with Crippen molar-refractivity contribution in [2.24, 2.45) is 5.73 Å². The van der Waals surface area contributed by atoms with E-state index in [4.69, 9.17) is 5.73 Å². The summed E-state index contributed by atoms with van der Waals surface area (Å²) in [4.78, 5) is 11.3. The van der Waals surface area contributed by atoms with Gasteiger partial charge < -0.3 is 10.8 Å². The molecule has 0 aliphatic heterocycles. The fourth-order valence-corrected chi connectivity index (χ4v) is 1.40. The zero-order valence-electron chi connectivity index (χ0n) is 8.45. The van der Waals surface area contributed by atoms with Crippen molar-refractivity contribution < 1.29 is 9.90 Å². The van der Waals surface area contributed by atoms with Crippen LogP contribution in [0.2, 0.25) is 0 Å². The highest BCUT2D eigenvalue weighted by molar-refractivity contribution is 5.95. The summed E-state index contributed by atoms with van der Waals surface area (Å²) in [6.07, 6.45) is -0.624. The van der Waals surface area contributed by atoms with Crippen molar-refractivity contribution in [3.8, 4) is 0 Å². The molecule has 0 saturated heterocycles. The number of aliphatic hydroxyl groups excluding tert-OH is 1. The SMILES string of the molecule is CC(=O)c1cc(CN)ccc1C(C)O. The molecule has 76 valence electrons. The number of nitrogens with two attached hydrogens (primary N) is 1. The number of carbonyl (C=O) groups excluding carboxylic acids is 1. The van der Waals surface area contributed by atoms with E-state index in [9.17, 15) is 9.90 Å². The molecule has 0 spiro atoms. The molecule has 0 aliphatic rings. The highest BCUT2D eigenvalue weighted by Crippen LogP contribution is 2.19. The molecular formula is C11H15NO2. The lowest BCUT2D eigenvalue weighted by molar-refractivity contribution is 0.101. The van der Waals surface area contributed by atoms with Crippen molar-refractivity contribution in [3.05, 3.63) is 34.9 Å². The third-order valence-corrected chi connectivity index (χ3v) is 2.18. The molecule has 1 unspecified atom stereocenters. The van der Waals surface area contributed by atoms with E-state index in [1.165, 1.54) is 6.92 Å². The molecule has 1 atom stereocenters. The van der Waals surface area contributed by atoms with Gasteiger partial charge in [0.1, 0.15) is 0 Å². The van der Waals surface area contributed by atoms with Gasteiger partial charge in [-0.2, -0.15) is 0 Å². The van der Waals surface area contributed by atoms with Gasteiger partial charge in [0.2, 0.25) is 0 Å². The fraction of sp³-hybridized carbons (Fsp3) is 0.364. The van der Waals surface area contributed by atoms with Gasteiger partial charge in [-0.05, 0) is 31.0 Å². The maximum absolute atomic E-state index is 11.3. The molecule has 0 aromatic heterocycles. The number of Topliss-reactive ketones (excluding diaryl/α,β-unsaturated/α-hetero) is 1. The molecule has 1 rings (SSSR count). The summed E-state index contributed by atoms with van der Waals surface area (Å²) < 4.78 is 0. The van der Waals surface area contributed by atoms with Crippen LogP contribution in [0.15, 0.2) is 18.2 Å². The Morgan fingerprint density at radius 1 is 1.57 bits per heavy atom. The molecule has 3 heteroatoms. The van der Waals surface area contributed by atoms with E-state index in [0.29, 0.717) is 17.7 Å². The Kier molecular flexibility index (Phi) is 3.38. The Balaban J connectivity index is 3.24. The van der Waals surface area contributed by atoms with E-state index in [0.717, 1.165) is 5.56 Å². The number of rotatable bonds is 3. The highest BCUT2D eigenvalue weighted by Gasteiger charge is 2.11. The average Bonchev–Trinajstić information content (AvgIpc) is 2.16. The summed E-state index contributed by atoms with van der Waals surface area (Å²) in [5, 5.41) is 9.43. The lowest BCUT2D eigenvalue weighted by Crippen LogP contribution is -2.06. The number of benzene rings is 1. The van der Waals surface area contributed by atoms with E-state index in [-0.39, 0.29) is 5.78 Å². The second-order valence-electron chi connectivity index (χ2n) is 3.36. The number of carbonyl (C=O) groups is 1. The maximum Gasteiger partial charge on any atom is 0.160 e. The first kappa shape index (κ1) is 10.9. The van der Waals surface area contributed by atoms with E-state index in [2.05, 4.69) is 0 Å². The minimum atomic E-state index is -0.624. The summed E-state index contributed by atoms with van der Waals surface area (Å²) in [6, 6.07) is 5.32. The van der Waals surface area contributed by atoms with Gasteiger partial charge in [0.05, 0.1) is 6.10 Å². The molecule has 0 heterocycles. The quantitative estimate of drug-likeness (QED) is 0.713. The van der Waals surface area contributed by atoms with Gasteiger partial charge in [0.25, 0.3) is 0 Å². The Morgan fingerprint density at radius 3 is 2.64 bits per heavy atom. The van der Waals surface area contributed by atoms with Crippen molar-refractivity contribution in [1.82, 2.24) is 0 Å². The van der Waals surface area contributed by atoms with Crippen LogP contribution in [0.3, 0.4) is 0 Å². The largest absolute Gasteiger partial charge is 0.389 e. The minimum Gasteiger partial charge on any atom is -0.389 e. The number of aliphatic hydroxyl groups is 1. The van der Waals surface area contributed by atoms with Gasteiger partial charge in [-0.15, -0.1) is 0 Å². The summed E-state index contributed by atoms with van der Waals surface area (Å²) in [7, 11) is 0. The third kappa shape index (κ3) is 2.19. The van der Waals surface area contributed by atoms with E-state index in [1.54, 1.807) is 19.1 Å². The Bertz CT molecular complexity index is 345. The van der Waals surface area contributed by atoms with E-state index < -0.39 is 6.10 Å². The number of ketones is 1. The molecular weight excluding hydrogens is 178 g/mol. The van der Waals surface area contributed by atoms with Gasteiger partial charge in [-0.25, -0.2) is 0 Å². The summed E-state index contributed by atoms with van der Waals surface area (Å²) in [5.74, 6) is -0.0452. The average molecular weight is 193 g/mol. The monoisotopic (exact) mass is 193 g/mol.